The van der Waals surface area contributed by atoms with Gasteiger partial charge in [0.1, 0.15) is 11.8 Å². The Hall–Kier alpha value is -2.86. The number of nitrogens with one attached hydrogen (secondary N) is 2. The molecule has 0 radical (unpaired) electrons. The molecule has 0 saturated carbocycles. The fraction of sp³-hybridized carbons (Fsp3) is 0.391. The average Bonchev–Trinajstić information content (AvgIpc) is 3.15. The van der Waals surface area contributed by atoms with Gasteiger partial charge in [-0.15, -0.1) is 0 Å². The Morgan fingerprint density at radius 3 is 2.62 bits per heavy atom. The van der Waals surface area contributed by atoms with Crippen LogP contribution in [0.2, 0.25) is 0 Å². The molecular formula is C23H29N3O3. The number of para-hydroxylation sites is 2. The van der Waals surface area contributed by atoms with Crippen LogP contribution in [0.1, 0.15) is 37.8 Å². The molecule has 1 aliphatic rings. The molecule has 2 aromatic carbocycles. The summed E-state index contributed by atoms with van der Waals surface area (Å²) in [4.78, 5) is 26.7. The van der Waals surface area contributed by atoms with Gasteiger partial charge in [0.05, 0.1) is 12.3 Å². The first-order valence-electron chi connectivity index (χ1n) is 10.3. The Labute approximate surface area is 172 Å². The largest absolute Gasteiger partial charge is 0.492 e. The van der Waals surface area contributed by atoms with Crippen LogP contribution in [0.5, 0.6) is 5.75 Å². The van der Waals surface area contributed by atoms with Gasteiger partial charge >= 0.3 is 0 Å². The van der Waals surface area contributed by atoms with Gasteiger partial charge in [0.2, 0.25) is 11.8 Å². The van der Waals surface area contributed by atoms with E-state index < -0.39 is 6.04 Å². The zero-order valence-electron chi connectivity index (χ0n) is 16.9. The highest BCUT2D eigenvalue weighted by atomic mass is 16.5. The van der Waals surface area contributed by atoms with E-state index in [1.165, 1.54) is 0 Å². The van der Waals surface area contributed by atoms with Crippen LogP contribution in [0.15, 0.2) is 54.6 Å². The Kier molecular flexibility index (Phi) is 7.64. The van der Waals surface area contributed by atoms with Crippen LogP contribution < -0.4 is 15.4 Å². The molecule has 1 fully saturated rings. The van der Waals surface area contributed by atoms with Crippen LogP contribution in [-0.4, -0.2) is 43.0 Å². The fourth-order valence-corrected chi connectivity index (χ4v) is 3.52. The Morgan fingerprint density at radius 2 is 1.90 bits per heavy atom. The van der Waals surface area contributed by atoms with Crippen molar-refractivity contribution in [1.82, 2.24) is 10.2 Å². The highest BCUT2D eigenvalue weighted by Gasteiger charge is 2.22. The van der Waals surface area contributed by atoms with E-state index >= 15 is 0 Å². The smallest absolute Gasteiger partial charge is 0.246 e. The third kappa shape index (κ3) is 5.81. The maximum absolute atomic E-state index is 13.1. The quantitative estimate of drug-likeness (QED) is 0.605. The van der Waals surface area contributed by atoms with Gasteiger partial charge in [-0.3, -0.25) is 9.59 Å². The molecule has 29 heavy (non-hydrogen) atoms. The molecule has 0 aliphatic carbocycles. The average molecular weight is 396 g/mol. The summed E-state index contributed by atoms with van der Waals surface area (Å²) < 4.78 is 5.62. The van der Waals surface area contributed by atoms with E-state index in [9.17, 15) is 9.59 Å². The topological polar surface area (TPSA) is 70.7 Å². The minimum absolute atomic E-state index is 0.138. The summed E-state index contributed by atoms with van der Waals surface area (Å²) in [5.74, 6) is 0.748. The number of carbonyl (C=O) groups excluding carboxylic acids is 2. The lowest BCUT2D eigenvalue weighted by Gasteiger charge is -2.21. The summed E-state index contributed by atoms with van der Waals surface area (Å²) in [6.45, 7) is 4.65. The lowest BCUT2D eigenvalue weighted by atomic mass is 10.1. The van der Waals surface area contributed by atoms with Crippen LogP contribution in [0, 0.1) is 0 Å². The molecule has 0 spiro atoms. The van der Waals surface area contributed by atoms with Crippen molar-refractivity contribution in [3.63, 3.8) is 0 Å². The zero-order valence-corrected chi connectivity index (χ0v) is 16.9. The molecule has 1 heterocycles. The van der Waals surface area contributed by atoms with Crippen molar-refractivity contribution >= 4 is 17.5 Å². The number of benzene rings is 2. The van der Waals surface area contributed by atoms with Gasteiger partial charge in [-0.05, 0) is 44.0 Å². The number of carbonyl (C=O) groups is 2. The molecule has 6 nitrogen and oxygen atoms in total. The molecule has 1 saturated heterocycles. The monoisotopic (exact) mass is 395 g/mol. The second kappa shape index (κ2) is 10.6. The summed E-state index contributed by atoms with van der Waals surface area (Å²) in [6.07, 6.45) is 2.40. The number of hydrogen-bond acceptors (Lipinski definition) is 4. The summed E-state index contributed by atoms with van der Waals surface area (Å²) >= 11 is 0. The zero-order chi connectivity index (χ0) is 20.5. The second-order valence-corrected chi connectivity index (χ2v) is 7.05. The van der Waals surface area contributed by atoms with Gasteiger partial charge in [-0.25, -0.2) is 0 Å². The first-order valence-corrected chi connectivity index (χ1v) is 10.3. The molecule has 6 heteroatoms. The first kappa shape index (κ1) is 20.9. The number of hydrogen-bond donors (Lipinski definition) is 2. The number of nitrogens with zero attached hydrogens (tertiary/aromatic N) is 1. The van der Waals surface area contributed by atoms with Crippen molar-refractivity contribution in [2.45, 2.75) is 32.2 Å². The van der Waals surface area contributed by atoms with Gasteiger partial charge < -0.3 is 20.3 Å². The van der Waals surface area contributed by atoms with E-state index in [4.69, 9.17) is 4.74 Å². The summed E-state index contributed by atoms with van der Waals surface area (Å²) in [6, 6.07) is 16.6. The molecule has 1 aliphatic heterocycles. The SMILES string of the molecule is CCOc1ccccc1NC(=O)[C@H](NCCCN1CCCC1=O)c1ccccc1. The summed E-state index contributed by atoms with van der Waals surface area (Å²) in [5, 5.41) is 6.35. The standard InChI is InChI=1S/C23H29N3O3/c1-2-29-20-13-7-6-12-19(20)25-23(28)22(18-10-4-3-5-11-18)24-15-9-17-26-16-8-14-21(26)27/h3-7,10-13,22,24H,2,8-9,14-17H2,1H3,(H,25,28)/t22-/m1/s1. The van der Waals surface area contributed by atoms with Crippen LogP contribution in [0.4, 0.5) is 5.69 Å². The van der Waals surface area contributed by atoms with Gasteiger partial charge in [-0.2, -0.15) is 0 Å². The molecule has 2 aromatic rings. The maximum Gasteiger partial charge on any atom is 0.246 e. The summed E-state index contributed by atoms with van der Waals surface area (Å²) in [5.41, 5.74) is 1.56. The molecule has 2 N–H and O–H groups in total. The van der Waals surface area contributed by atoms with Gasteiger partial charge in [-0.1, -0.05) is 42.5 Å². The van der Waals surface area contributed by atoms with E-state index in [0.29, 0.717) is 31.0 Å². The van der Waals surface area contributed by atoms with Gasteiger partial charge in [0.25, 0.3) is 0 Å². The minimum atomic E-state index is -0.486. The van der Waals surface area contributed by atoms with Gasteiger partial charge in [0, 0.05) is 19.5 Å². The van der Waals surface area contributed by atoms with Crippen molar-refractivity contribution in [3.8, 4) is 5.75 Å². The highest BCUT2D eigenvalue weighted by Crippen LogP contribution is 2.25. The molecular weight excluding hydrogens is 366 g/mol. The molecule has 1 atom stereocenters. The van der Waals surface area contributed by atoms with Crippen LogP contribution in [0.25, 0.3) is 0 Å². The van der Waals surface area contributed by atoms with E-state index in [2.05, 4.69) is 10.6 Å². The number of ether oxygens (including phenoxy) is 1. The fourth-order valence-electron chi connectivity index (χ4n) is 3.52. The number of likely N-dealkylation sites (tertiary alicyclic amines) is 1. The molecule has 2 amide bonds. The lowest BCUT2D eigenvalue weighted by Crippen LogP contribution is -2.35. The Bertz CT molecular complexity index is 810. The third-order valence-corrected chi connectivity index (χ3v) is 4.96. The van der Waals surface area contributed by atoms with Crippen LogP contribution >= 0.6 is 0 Å². The summed E-state index contributed by atoms with van der Waals surface area (Å²) in [7, 11) is 0. The molecule has 0 bridgehead atoms. The highest BCUT2D eigenvalue weighted by molar-refractivity contribution is 5.96. The lowest BCUT2D eigenvalue weighted by molar-refractivity contribution is -0.127. The van der Waals surface area contributed by atoms with Crippen LogP contribution in [0.3, 0.4) is 0 Å². The third-order valence-electron chi connectivity index (χ3n) is 4.96. The van der Waals surface area contributed by atoms with E-state index in [-0.39, 0.29) is 11.8 Å². The normalized spacial score (nSPS) is 14.7. The molecule has 154 valence electrons. The predicted octanol–water partition coefficient (Wildman–Crippen LogP) is 3.37. The number of amides is 2. The van der Waals surface area contributed by atoms with E-state index in [1.54, 1.807) is 0 Å². The van der Waals surface area contributed by atoms with Crippen molar-refractivity contribution in [2.75, 3.05) is 31.6 Å². The van der Waals surface area contributed by atoms with E-state index in [1.807, 2.05) is 66.4 Å². The number of rotatable bonds is 10. The predicted molar refractivity (Wildman–Crippen MR) is 114 cm³/mol. The minimum Gasteiger partial charge on any atom is -0.492 e. The Balaban J connectivity index is 1.64. The molecule has 0 unspecified atom stereocenters. The first-order chi connectivity index (χ1) is 14.2. The van der Waals surface area contributed by atoms with Crippen molar-refractivity contribution in [1.29, 1.82) is 0 Å². The second-order valence-electron chi connectivity index (χ2n) is 7.05. The Morgan fingerprint density at radius 1 is 1.14 bits per heavy atom. The maximum atomic E-state index is 13.1. The van der Waals surface area contributed by atoms with E-state index in [0.717, 1.165) is 31.5 Å². The van der Waals surface area contributed by atoms with Gasteiger partial charge in [0.15, 0.2) is 0 Å². The van der Waals surface area contributed by atoms with Crippen molar-refractivity contribution < 1.29 is 14.3 Å². The number of anilines is 1. The molecule has 0 aromatic heterocycles. The van der Waals surface area contributed by atoms with Crippen molar-refractivity contribution in [3.05, 3.63) is 60.2 Å². The van der Waals surface area contributed by atoms with Crippen LogP contribution in [-0.2, 0) is 9.59 Å². The molecule has 3 rings (SSSR count). The van der Waals surface area contributed by atoms with Crippen molar-refractivity contribution in [2.24, 2.45) is 0 Å².